The van der Waals surface area contributed by atoms with Gasteiger partial charge in [0.2, 0.25) is 5.91 Å². The smallest absolute Gasteiger partial charge is 0.406 e. The Hall–Kier alpha value is -1.96. The minimum atomic E-state index is -4.72. The number of hydrogen-bond donors (Lipinski definition) is 0. The fourth-order valence-corrected chi connectivity index (χ4v) is 4.24. The van der Waals surface area contributed by atoms with Crippen LogP contribution in [0.2, 0.25) is 0 Å². The second-order valence-corrected chi connectivity index (χ2v) is 7.93. The van der Waals surface area contributed by atoms with Crippen LogP contribution in [-0.2, 0) is 4.79 Å². The molecule has 0 aromatic heterocycles. The number of anilines is 1. The van der Waals surface area contributed by atoms with Crippen molar-refractivity contribution in [1.82, 2.24) is 9.80 Å². The highest BCUT2D eigenvalue weighted by Crippen LogP contribution is 2.29. The summed E-state index contributed by atoms with van der Waals surface area (Å²) < 4.78 is 41.6. The molecule has 0 radical (unpaired) electrons. The molecule has 5 nitrogen and oxygen atoms in total. The number of benzene rings is 1. The number of nitrogens with zero attached hydrogens (tertiary/aromatic N) is 3. The van der Waals surface area contributed by atoms with E-state index >= 15 is 0 Å². The summed E-state index contributed by atoms with van der Waals surface area (Å²) in [5.41, 5.74) is 0.641. The van der Waals surface area contributed by atoms with Crippen molar-refractivity contribution in [2.24, 2.45) is 0 Å². The molecule has 29 heavy (non-hydrogen) atoms. The topological polar surface area (TPSA) is 36.0 Å². The van der Waals surface area contributed by atoms with Crippen LogP contribution in [0.5, 0.6) is 5.75 Å². The SMILES string of the molecule is CC1CN(CCCN2CCCCC2)C(=O)CCN1c1cccc(OC(F)(F)F)c1. The maximum Gasteiger partial charge on any atom is 0.573 e. The first-order valence-electron chi connectivity index (χ1n) is 10.4. The molecule has 2 saturated heterocycles. The Kier molecular flexibility index (Phi) is 7.27. The van der Waals surface area contributed by atoms with E-state index in [-0.39, 0.29) is 17.7 Å². The summed E-state index contributed by atoms with van der Waals surface area (Å²) in [7, 11) is 0. The summed E-state index contributed by atoms with van der Waals surface area (Å²) in [6, 6.07) is 6.00. The predicted octanol–water partition coefficient (Wildman–Crippen LogP) is 3.89. The highest BCUT2D eigenvalue weighted by atomic mass is 19.4. The van der Waals surface area contributed by atoms with Crippen LogP contribution in [0.15, 0.2) is 24.3 Å². The molecule has 0 N–H and O–H groups in total. The standard InChI is InChI=1S/C21H30F3N3O2/c1-17-16-26(13-6-12-25-10-3-2-4-11-25)20(28)9-14-27(17)18-7-5-8-19(15-18)29-21(22,23)24/h5,7-8,15,17H,2-4,6,9-14,16H2,1H3. The number of halogens is 3. The lowest BCUT2D eigenvalue weighted by atomic mass is 10.1. The zero-order chi connectivity index (χ0) is 20.9. The number of alkyl halides is 3. The van der Waals surface area contributed by atoms with Crippen LogP contribution in [0.25, 0.3) is 0 Å². The molecule has 1 aromatic rings. The highest BCUT2D eigenvalue weighted by Gasteiger charge is 2.32. The monoisotopic (exact) mass is 413 g/mol. The first-order valence-corrected chi connectivity index (χ1v) is 10.4. The largest absolute Gasteiger partial charge is 0.573 e. The molecule has 1 unspecified atom stereocenters. The van der Waals surface area contributed by atoms with E-state index in [4.69, 9.17) is 0 Å². The van der Waals surface area contributed by atoms with Crippen molar-refractivity contribution in [2.75, 3.05) is 44.2 Å². The Bertz CT molecular complexity index is 677. The van der Waals surface area contributed by atoms with Gasteiger partial charge in [-0.25, -0.2) is 0 Å². The quantitative estimate of drug-likeness (QED) is 0.709. The van der Waals surface area contributed by atoms with E-state index in [1.165, 1.54) is 31.4 Å². The zero-order valence-electron chi connectivity index (χ0n) is 17.0. The van der Waals surface area contributed by atoms with Crippen LogP contribution in [0, 0.1) is 0 Å². The van der Waals surface area contributed by atoms with Gasteiger partial charge in [-0.2, -0.15) is 0 Å². The molecule has 3 rings (SSSR count). The molecule has 0 bridgehead atoms. The van der Waals surface area contributed by atoms with Gasteiger partial charge in [0.05, 0.1) is 0 Å². The van der Waals surface area contributed by atoms with Gasteiger partial charge in [-0.3, -0.25) is 4.79 Å². The third kappa shape index (κ3) is 6.52. The third-order valence-corrected chi connectivity index (χ3v) is 5.67. The van der Waals surface area contributed by atoms with Crippen LogP contribution < -0.4 is 9.64 Å². The van der Waals surface area contributed by atoms with Crippen molar-refractivity contribution in [2.45, 2.75) is 51.4 Å². The summed E-state index contributed by atoms with van der Waals surface area (Å²) in [6.07, 6.45) is 0.414. The molecule has 1 atom stereocenters. The van der Waals surface area contributed by atoms with Gasteiger partial charge in [-0.05, 0) is 58.0 Å². The normalized spacial score (nSPS) is 21.9. The Morgan fingerprint density at radius 3 is 2.59 bits per heavy atom. The Morgan fingerprint density at radius 2 is 1.86 bits per heavy atom. The molecular weight excluding hydrogens is 383 g/mol. The molecule has 0 saturated carbocycles. The lowest BCUT2D eigenvalue weighted by molar-refractivity contribution is -0.274. The predicted molar refractivity (Wildman–Crippen MR) is 106 cm³/mol. The van der Waals surface area contributed by atoms with E-state index in [2.05, 4.69) is 9.64 Å². The van der Waals surface area contributed by atoms with Crippen LogP contribution in [0.1, 0.15) is 39.0 Å². The van der Waals surface area contributed by atoms with Crippen molar-refractivity contribution in [3.8, 4) is 5.75 Å². The van der Waals surface area contributed by atoms with Gasteiger partial charge in [-0.15, -0.1) is 13.2 Å². The number of hydrogen-bond acceptors (Lipinski definition) is 4. The molecule has 2 aliphatic rings. The van der Waals surface area contributed by atoms with Crippen LogP contribution >= 0.6 is 0 Å². The van der Waals surface area contributed by atoms with E-state index < -0.39 is 6.36 Å². The summed E-state index contributed by atoms with van der Waals surface area (Å²) >= 11 is 0. The maximum atomic E-state index is 12.6. The van der Waals surface area contributed by atoms with E-state index in [0.29, 0.717) is 25.2 Å². The summed E-state index contributed by atoms with van der Waals surface area (Å²) in [6.45, 7) is 7.10. The van der Waals surface area contributed by atoms with Gasteiger partial charge in [0, 0.05) is 43.9 Å². The molecule has 0 aliphatic carbocycles. The number of carbonyl (C=O) groups is 1. The average molecular weight is 413 g/mol. The molecular formula is C21H30F3N3O2. The van der Waals surface area contributed by atoms with Gasteiger partial charge >= 0.3 is 6.36 Å². The van der Waals surface area contributed by atoms with Crippen LogP contribution in [0.3, 0.4) is 0 Å². The van der Waals surface area contributed by atoms with Crippen molar-refractivity contribution in [3.05, 3.63) is 24.3 Å². The first kappa shape index (κ1) is 21.7. The second kappa shape index (κ2) is 9.69. The molecule has 1 amide bonds. The number of piperidine rings is 1. The van der Waals surface area contributed by atoms with Crippen LogP contribution in [-0.4, -0.2) is 67.4 Å². The van der Waals surface area contributed by atoms with Crippen molar-refractivity contribution in [1.29, 1.82) is 0 Å². The minimum absolute atomic E-state index is 0.0116. The first-order chi connectivity index (χ1) is 13.8. The molecule has 1 aromatic carbocycles. The Balaban J connectivity index is 1.58. The van der Waals surface area contributed by atoms with Gasteiger partial charge < -0.3 is 19.4 Å². The summed E-state index contributed by atoms with van der Waals surface area (Å²) in [5, 5.41) is 0. The second-order valence-electron chi connectivity index (χ2n) is 7.93. The average Bonchev–Trinajstić information content (AvgIpc) is 2.80. The van der Waals surface area contributed by atoms with Gasteiger partial charge in [0.25, 0.3) is 0 Å². The van der Waals surface area contributed by atoms with E-state index in [9.17, 15) is 18.0 Å². The molecule has 0 spiro atoms. The van der Waals surface area contributed by atoms with E-state index in [0.717, 1.165) is 32.6 Å². The van der Waals surface area contributed by atoms with Crippen molar-refractivity contribution >= 4 is 11.6 Å². The molecule has 2 heterocycles. The van der Waals surface area contributed by atoms with E-state index in [1.807, 2.05) is 16.7 Å². The summed E-state index contributed by atoms with van der Waals surface area (Å²) in [5.74, 6) is -0.128. The highest BCUT2D eigenvalue weighted by molar-refractivity contribution is 5.77. The van der Waals surface area contributed by atoms with Gasteiger partial charge in [-0.1, -0.05) is 12.5 Å². The van der Waals surface area contributed by atoms with Crippen LogP contribution in [0.4, 0.5) is 18.9 Å². The molecule has 162 valence electrons. The number of rotatable bonds is 6. The molecule has 2 fully saturated rings. The lowest BCUT2D eigenvalue weighted by Crippen LogP contribution is -2.41. The Labute approximate surface area is 170 Å². The lowest BCUT2D eigenvalue weighted by Gasteiger charge is -2.31. The van der Waals surface area contributed by atoms with Crippen molar-refractivity contribution in [3.63, 3.8) is 0 Å². The third-order valence-electron chi connectivity index (χ3n) is 5.67. The van der Waals surface area contributed by atoms with Gasteiger partial charge in [0.1, 0.15) is 5.75 Å². The van der Waals surface area contributed by atoms with E-state index in [1.54, 1.807) is 12.1 Å². The molecule has 2 aliphatic heterocycles. The number of carbonyl (C=O) groups excluding carboxylic acids is 1. The Morgan fingerprint density at radius 1 is 1.10 bits per heavy atom. The summed E-state index contributed by atoms with van der Waals surface area (Å²) in [4.78, 5) is 19.0. The van der Waals surface area contributed by atoms with Crippen molar-refractivity contribution < 1.29 is 22.7 Å². The fraction of sp³-hybridized carbons (Fsp3) is 0.667. The maximum absolute atomic E-state index is 12.6. The number of amides is 1. The molecule has 8 heteroatoms. The van der Waals surface area contributed by atoms with Gasteiger partial charge in [0.15, 0.2) is 0 Å². The fourth-order valence-electron chi connectivity index (χ4n) is 4.24. The minimum Gasteiger partial charge on any atom is -0.406 e. The number of likely N-dealkylation sites (tertiary alicyclic amines) is 1. The number of ether oxygens (including phenoxy) is 1. The zero-order valence-corrected chi connectivity index (χ0v) is 17.0.